The lowest BCUT2D eigenvalue weighted by molar-refractivity contribution is 0.162. The van der Waals surface area contributed by atoms with Gasteiger partial charge in [0.25, 0.3) is 0 Å². The zero-order valence-corrected chi connectivity index (χ0v) is 16.7. The summed E-state index contributed by atoms with van der Waals surface area (Å²) in [4.78, 5) is 2.57. The Hall–Kier alpha value is -0.680. The largest absolute Gasteiger partial charge is 0.494 e. The highest BCUT2D eigenvalue weighted by molar-refractivity contribution is 5.85. The normalized spacial score (nSPS) is 21.2. The van der Waals surface area contributed by atoms with Crippen molar-refractivity contribution in [1.29, 1.82) is 0 Å². The Labute approximate surface area is 164 Å². The molecular formula is C19H32Cl2N2O2. The van der Waals surface area contributed by atoms with E-state index in [1.807, 2.05) is 24.3 Å². The molecule has 0 aromatic heterocycles. The van der Waals surface area contributed by atoms with E-state index in [1.54, 1.807) is 0 Å². The van der Waals surface area contributed by atoms with Gasteiger partial charge in [0.15, 0.2) is 0 Å². The average molecular weight is 391 g/mol. The van der Waals surface area contributed by atoms with Crippen LogP contribution < -0.4 is 14.8 Å². The minimum atomic E-state index is 0. The third kappa shape index (κ3) is 7.22. The fourth-order valence-electron chi connectivity index (χ4n) is 3.50. The van der Waals surface area contributed by atoms with Gasteiger partial charge in [0.2, 0.25) is 0 Å². The molecule has 0 amide bonds. The van der Waals surface area contributed by atoms with Crippen LogP contribution in [0.15, 0.2) is 24.3 Å². The van der Waals surface area contributed by atoms with Crippen molar-refractivity contribution in [2.24, 2.45) is 0 Å². The van der Waals surface area contributed by atoms with Crippen LogP contribution in [0, 0.1) is 0 Å². The molecule has 1 aromatic carbocycles. The number of benzene rings is 1. The van der Waals surface area contributed by atoms with Gasteiger partial charge >= 0.3 is 0 Å². The molecular weight excluding hydrogens is 359 g/mol. The first-order valence-electron chi connectivity index (χ1n) is 9.15. The Bertz CT molecular complexity index is 467. The second kappa shape index (κ2) is 11.8. The first-order chi connectivity index (χ1) is 11.3. The molecule has 0 radical (unpaired) electrons. The Morgan fingerprint density at radius 3 is 2.36 bits per heavy atom. The molecule has 4 nitrogen and oxygen atoms in total. The van der Waals surface area contributed by atoms with E-state index < -0.39 is 0 Å². The number of hydrogen-bond acceptors (Lipinski definition) is 4. The number of likely N-dealkylation sites (tertiary alicyclic amines) is 1. The van der Waals surface area contributed by atoms with Crippen LogP contribution in [0.2, 0.25) is 0 Å². The lowest BCUT2D eigenvalue weighted by Crippen LogP contribution is -2.34. The van der Waals surface area contributed by atoms with Crippen molar-refractivity contribution in [3.63, 3.8) is 0 Å². The third-order valence-electron chi connectivity index (χ3n) is 4.96. The first kappa shape index (κ1) is 22.4. The lowest BCUT2D eigenvalue weighted by Gasteiger charge is -2.23. The second-order valence-corrected chi connectivity index (χ2v) is 6.77. The quantitative estimate of drug-likeness (QED) is 0.715. The Morgan fingerprint density at radius 2 is 1.72 bits per heavy atom. The molecule has 144 valence electrons. The number of nitrogens with zero attached hydrogens (tertiary/aromatic N) is 1. The summed E-state index contributed by atoms with van der Waals surface area (Å²) in [6.45, 7) is 7.64. The fourth-order valence-corrected chi connectivity index (χ4v) is 3.50. The van der Waals surface area contributed by atoms with Crippen LogP contribution in [-0.4, -0.2) is 49.8 Å². The van der Waals surface area contributed by atoms with Gasteiger partial charge in [-0.25, -0.2) is 0 Å². The van der Waals surface area contributed by atoms with E-state index in [2.05, 4.69) is 17.1 Å². The van der Waals surface area contributed by atoms with Crippen molar-refractivity contribution < 1.29 is 9.47 Å². The standard InChI is InChI=1S/C19H30N2O2.2ClH/c1-16-4-2-13-21(16)14-3-15-22-17-5-7-18(8-6-17)23-19-9-11-20-12-10-19;;/h5-8,16,19-20H,2-4,9-15H2,1H3;2*1H/t16-;;/m1../s1. The molecule has 3 rings (SSSR count). The van der Waals surface area contributed by atoms with Crippen molar-refractivity contribution in [2.75, 3.05) is 32.8 Å². The summed E-state index contributed by atoms with van der Waals surface area (Å²) in [5.41, 5.74) is 0. The molecule has 0 saturated carbocycles. The summed E-state index contributed by atoms with van der Waals surface area (Å²) in [5.74, 6) is 1.90. The van der Waals surface area contributed by atoms with Crippen molar-refractivity contribution in [1.82, 2.24) is 10.2 Å². The van der Waals surface area contributed by atoms with Gasteiger partial charge in [-0.1, -0.05) is 0 Å². The summed E-state index contributed by atoms with van der Waals surface area (Å²) >= 11 is 0. The smallest absolute Gasteiger partial charge is 0.119 e. The number of ether oxygens (including phenoxy) is 2. The van der Waals surface area contributed by atoms with E-state index in [0.717, 1.165) is 63.0 Å². The second-order valence-electron chi connectivity index (χ2n) is 6.77. The number of piperidine rings is 1. The van der Waals surface area contributed by atoms with Crippen LogP contribution in [0.3, 0.4) is 0 Å². The molecule has 1 N–H and O–H groups in total. The van der Waals surface area contributed by atoms with Crippen molar-refractivity contribution in [3.8, 4) is 11.5 Å². The van der Waals surface area contributed by atoms with Crippen LogP contribution in [-0.2, 0) is 0 Å². The molecule has 0 unspecified atom stereocenters. The van der Waals surface area contributed by atoms with E-state index in [1.165, 1.54) is 19.4 Å². The predicted molar refractivity (Wildman–Crippen MR) is 108 cm³/mol. The van der Waals surface area contributed by atoms with Crippen molar-refractivity contribution in [3.05, 3.63) is 24.3 Å². The molecule has 6 heteroatoms. The highest BCUT2D eigenvalue weighted by atomic mass is 35.5. The Balaban J connectivity index is 0.00000156. The Kier molecular flexibility index (Phi) is 10.6. The lowest BCUT2D eigenvalue weighted by atomic mass is 10.1. The summed E-state index contributed by atoms with van der Waals surface area (Å²) in [6.07, 6.45) is 6.32. The third-order valence-corrected chi connectivity index (χ3v) is 4.96. The van der Waals surface area contributed by atoms with Crippen LogP contribution in [0.5, 0.6) is 11.5 Å². The van der Waals surface area contributed by atoms with E-state index in [4.69, 9.17) is 9.47 Å². The number of halogens is 2. The fraction of sp³-hybridized carbons (Fsp3) is 0.684. The maximum absolute atomic E-state index is 6.01. The zero-order valence-electron chi connectivity index (χ0n) is 15.1. The van der Waals surface area contributed by atoms with Gasteiger partial charge in [0.05, 0.1) is 6.61 Å². The van der Waals surface area contributed by atoms with Crippen molar-refractivity contribution >= 4 is 24.8 Å². The highest BCUT2D eigenvalue weighted by Gasteiger charge is 2.19. The van der Waals surface area contributed by atoms with Crippen LogP contribution in [0.1, 0.15) is 39.0 Å². The molecule has 2 heterocycles. The van der Waals surface area contributed by atoms with Crippen LogP contribution >= 0.6 is 24.8 Å². The number of nitrogens with one attached hydrogen (secondary N) is 1. The van der Waals surface area contributed by atoms with E-state index >= 15 is 0 Å². The molecule has 2 saturated heterocycles. The highest BCUT2D eigenvalue weighted by Crippen LogP contribution is 2.21. The molecule has 0 bridgehead atoms. The molecule has 2 fully saturated rings. The minimum Gasteiger partial charge on any atom is -0.494 e. The molecule has 1 aromatic rings. The van der Waals surface area contributed by atoms with Gasteiger partial charge in [-0.05, 0) is 82.9 Å². The van der Waals surface area contributed by atoms with E-state index in [-0.39, 0.29) is 24.8 Å². The van der Waals surface area contributed by atoms with Crippen LogP contribution in [0.4, 0.5) is 0 Å². The van der Waals surface area contributed by atoms with E-state index in [0.29, 0.717) is 6.10 Å². The average Bonchev–Trinajstić information content (AvgIpc) is 2.99. The molecule has 0 spiro atoms. The molecule has 2 aliphatic rings. The topological polar surface area (TPSA) is 33.7 Å². The molecule has 25 heavy (non-hydrogen) atoms. The zero-order chi connectivity index (χ0) is 15.9. The van der Waals surface area contributed by atoms with Gasteiger partial charge in [0, 0.05) is 12.6 Å². The summed E-state index contributed by atoms with van der Waals surface area (Å²) in [6, 6.07) is 8.85. The summed E-state index contributed by atoms with van der Waals surface area (Å²) in [7, 11) is 0. The van der Waals surface area contributed by atoms with Crippen LogP contribution in [0.25, 0.3) is 0 Å². The SMILES string of the molecule is C[C@@H]1CCCN1CCCOc1ccc(OC2CCNCC2)cc1.Cl.Cl. The van der Waals surface area contributed by atoms with Gasteiger partial charge in [0.1, 0.15) is 17.6 Å². The van der Waals surface area contributed by atoms with Gasteiger partial charge in [-0.15, -0.1) is 24.8 Å². The number of rotatable bonds is 7. The van der Waals surface area contributed by atoms with Gasteiger partial charge in [-0.2, -0.15) is 0 Å². The number of hydrogen-bond donors (Lipinski definition) is 1. The first-order valence-corrected chi connectivity index (χ1v) is 9.15. The van der Waals surface area contributed by atoms with Gasteiger partial charge in [-0.3, -0.25) is 0 Å². The molecule has 0 aliphatic carbocycles. The predicted octanol–water partition coefficient (Wildman–Crippen LogP) is 3.91. The summed E-state index contributed by atoms with van der Waals surface area (Å²) in [5, 5.41) is 3.36. The Morgan fingerprint density at radius 1 is 1.04 bits per heavy atom. The minimum absolute atomic E-state index is 0. The molecule has 1 atom stereocenters. The maximum atomic E-state index is 6.01. The molecule has 2 aliphatic heterocycles. The van der Waals surface area contributed by atoms with Gasteiger partial charge < -0.3 is 19.7 Å². The maximum Gasteiger partial charge on any atom is 0.119 e. The summed E-state index contributed by atoms with van der Waals surface area (Å²) < 4.78 is 11.9. The monoisotopic (exact) mass is 390 g/mol. The van der Waals surface area contributed by atoms with Crippen molar-refractivity contribution in [2.45, 2.75) is 51.2 Å². The van der Waals surface area contributed by atoms with E-state index in [9.17, 15) is 0 Å².